The number of nitrogens with zero attached hydrogens (tertiary/aromatic N) is 1. The van der Waals surface area contributed by atoms with Gasteiger partial charge in [-0.25, -0.2) is 4.98 Å². The van der Waals surface area contributed by atoms with Gasteiger partial charge in [0, 0.05) is 12.2 Å². The van der Waals surface area contributed by atoms with Crippen LogP contribution in [0, 0.1) is 6.92 Å². The van der Waals surface area contributed by atoms with Crippen LogP contribution < -0.4 is 10.1 Å². The van der Waals surface area contributed by atoms with Crippen molar-refractivity contribution in [3.63, 3.8) is 0 Å². The molecular formula is C15H18N2OS. The van der Waals surface area contributed by atoms with Crippen molar-refractivity contribution >= 4 is 11.3 Å². The molecular weight excluding hydrogens is 256 g/mol. The molecule has 2 aromatic rings. The van der Waals surface area contributed by atoms with Gasteiger partial charge in [-0.05, 0) is 50.1 Å². The lowest BCUT2D eigenvalue weighted by Crippen LogP contribution is -2.12. The van der Waals surface area contributed by atoms with Gasteiger partial charge >= 0.3 is 0 Å². The maximum absolute atomic E-state index is 5.85. The first-order valence-corrected chi connectivity index (χ1v) is 7.42. The first-order valence-electron chi connectivity index (χ1n) is 6.60. The average Bonchev–Trinajstić information content (AvgIpc) is 3.01. The smallest absolute Gasteiger partial charge is 0.124 e. The molecule has 1 aliphatic rings. The van der Waals surface area contributed by atoms with E-state index in [0.717, 1.165) is 17.2 Å². The van der Waals surface area contributed by atoms with Crippen molar-refractivity contribution in [2.75, 3.05) is 7.05 Å². The van der Waals surface area contributed by atoms with Crippen molar-refractivity contribution in [2.45, 2.75) is 32.4 Å². The van der Waals surface area contributed by atoms with Crippen LogP contribution in [-0.2, 0) is 13.0 Å². The number of fused-ring (bicyclic) bond motifs is 1. The maximum atomic E-state index is 5.85. The highest BCUT2D eigenvalue weighted by molar-refractivity contribution is 7.11. The van der Waals surface area contributed by atoms with E-state index in [1.807, 2.05) is 20.2 Å². The normalized spacial score (nSPS) is 17.5. The minimum absolute atomic E-state index is 0.508. The Kier molecular flexibility index (Phi) is 3.53. The van der Waals surface area contributed by atoms with E-state index in [1.54, 1.807) is 11.3 Å². The van der Waals surface area contributed by atoms with Crippen LogP contribution in [0.15, 0.2) is 24.4 Å². The van der Waals surface area contributed by atoms with Crippen LogP contribution in [0.4, 0.5) is 0 Å². The summed E-state index contributed by atoms with van der Waals surface area (Å²) in [7, 11) is 2.02. The molecule has 100 valence electrons. The van der Waals surface area contributed by atoms with Crippen LogP contribution in [0.5, 0.6) is 5.75 Å². The Balaban J connectivity index is 1.69. The fraction of sp³-hybridized carbons (Fsp3) is 0.400. The van der Waals surface area contributed by atoms with Crippen molar-refractivity contribution < 1.29 is 4.74 Å². The SMILES string of the molecule is CNC1CCc2cc(OCc3cnc(C)s3)ccc21. The molecule has 1 aliphatic carbocycles. The van der Waals surface area contributed by atoms with E-state index in [1.165, 1.54) is 22.4 Å². The quantitative estimate of drug-likeness (QED) is 0.929. The predicted molar refractivity (Wildman–Crippen MR) is 77.7 cm³/mol. The number of rotatable bonds is 4. The number of hydrogen-bond donors (Lipinski definition) is 1. The van der Waals surface area contributed by atoms with E-state index in [-0.39, 0.29) is 0 Å². The molecule has 0 saturated heterocycles. The molecule has 4 heteroatoms. The van der Waals surface area contributed by atoms with Gasteiger partial charge in [0.05, 0.1) is 9.88 Å². The zero-order valence-electron chi connectivity index (χ0n) is 11.3. The fourth-order valence-corrected chi connectivity index (χ4v) is 3.32. The molecule has 0 amide bonds. The zero-order valence-corrected chi connectivity index (χ0v) is 12.1. The van der Waals surface area contributed by atoms with Gasteiger partial charge in [0.1, 0.15) is 12.4 Å². The molecule has 1 unspecified atom stereocenters. The molecule has 19 heavy (non-hydrogen) atoms. The van der Waals surface area contributed by atoms with Gasteiger partial charge < -0.3 is 10.1 Å². The van der Waals surface area contributed by atoms with Gasteiger partial charge in [0.25, 0.3) is 0 Å². The Labute approximate surface area is 117 Å². The lowest BCUT2D eigenvalue weighted by atomic mass is 10.1. The van der Waals surface area contributed by atoms with Gasteiger partial charge in [0.2, 0.25) is 0 Å². The van der Waals surface area contributed by atoms with E-state index in [9.17, 15) is 0 Å². The van der Waals surface area contributed by atoms with Gasteiger partial charge in [0.15, 0.2) is 0 Å². The van der Waals surface area contributed by atoms with E-state index in [4.69, 9.17) is 4.74 Å². The number of aromatic nitrogens is 1. The first-order chi connectivity index (χ1) is 9.26. The van der Waals surface area contributed by atoms with Crippen molar-refractivity contribution in [1.29, 1.82) is 0 Å². The Bertz CT molecular complexity index is 579. The number of thiazole rings is 1. The summed E-state index contributed by atoms with van der Waals surface area (Å²) in [5.41, 5.74) is 2.83. The molecule has 3 rings (SSSR count). The van der Waals surface area contributed by atoms with E-state index >= 15 is 0 Å². The molecule has 0 radical (unpaired) electrons. The fourth-order valence-electron chi connectivity index (χ4n) is 2.61. The molecule has 0 saturated carbocycles. The number of nitrogens with one attached hydrogen (secondary N) is 1. The summed E-state index contributed by atoms with van der Waals surface area (Å²) in [5, 5.41) is 4.44. The molecule has 0 fully saturated rings. The van der Waals surface area contributed by atoms with Gasteiger partial charge in [-0.15, -0.1) is 11.3 Å². The molecule has 0 spiro atoms. The second-order valence-corrected chi connectivity index (χ2v) is 6.19. The number of hydrogen-bond acceptors (Lipinski definition) is 4. The third kappa shape index (κ3) is 2.65. The molecule has 1 atom stereocenters. The number of aryl methyl sites for hydroxylation is 2. The topological polar surface area (TPSA) is 34.1 Å². The van der Waals surface area contributed by atoms with E-state index in [0.29, 0.717) is 12.6 Å². The lowest BCUT2D eigenvalue weighted by molar-refractivity contribution is 0.309. The Morgan fingerprint density at radius 1 is 1.47 bits per heavy atom. The van der Waals surface area contributed by atoms with Crippen LogP contribution >= 0.6 is 11.3 Å². The third-order valence-corrected chi connectivity index (χ3v) is 4.48. The molecule has 0 aliphatic heterocycles. The van der Waals surface area contributed by atoms with Gasteiger partial charge in [-0.1, -0.05) is 6.07 Å². The highest BCUT2D eigenvalue weighted by atomic mass is 32.1. The maximum Gasteiger partial charge on any atom is 0.124 e. The summed E-state index contributed by atoms with van der Waals surface area (Å²) in [5.74, 6) is 0.960. The zero-order chi connectivity index (χ0) is 13.2. The molecule has 1 aromatic heterocycles. The van der Waals surface area contributed by atoms with Crippen molar-refractivity contribution in [3.05, 3.63) is 45.4 Å². The van der Waals surface area contributed by atoms with Crippen LogP contribution in [0.2, 0.25) is 0 Å². The van der Waals surface area contributed by atoms with Crippen LogP contribution in [0.25, 0.3) is 0 Å². The minimum atomic E-state index is 0.508. The van der Waals surface area contributed by atoms with Crippen molar-refractivity contribution in [2.24, 2.45) is 0 Å². The second-order valence-electron chi connectivity index (χ2n) is 4.87. The van der Waals surface area contributed by atoms with Gasteiger partial charge in [-0.3, -0.25) is 0 Å². The number of benzene rings is 1. The Morgan fingerprint density at radius 3 is 3.11 bits per heavy atom. The molecule has 1 N–H and O–H groups in total. The van der Waals surface area contributed by atoms with Crippen molar-refractivity contribution in [1.82, 2.24) is 10.3 Å². The monoisotopic (exact) mass is 274 g/mol. The standard InChI is InChI=1S/C15H18N2OS/c1-10-17-8-13(19-10)9-18-12-4-5-14-11(7-12)3-6-15(14)16-2/h4-5,7-8,15-16H,3,6,9H2,1-2H3. The Hall–Kier alpha value is -1.39. The second kappa shape index (κ2) is 5.31. The van der Waals surface area contributed by atoms with Crippen LogP contribution in [-0.4, -0.2) is 12.0 Å². The molecule has 1 aromatic carbocycles. The summed E-state index contributed by atoms with van der Waals surface area (Å²) in [4.78, 5) is 5.41. The summed E-state index contributed by atoms with van der Waals surface area (Å²) in [6.07, 6.45) is 4.21. The average molecular weight is 274 g/mol. The van der Waals surface area contributed by atoms with Gasteiger partial charge in [-0.2, -0.15) is 0 Å². The number of ether oxygens (including phenoxy) is 1. The van der Waals surface area contributed by atoms with Crippen LogP contribution in [0.3, 0.4) is 0 Å². The predicted octanol–water partition coefficient (Wildman–Crippen LogP) is 3.24. The summed E-state index contributed by atoms with van der Waals surface area (Å²) >= 11 is 1.69. The molecule has 3 nitrogen and oxygen atoms in total. The highest BCUT2D eigenvalue weighted by Gasteiger charge is 2.21. The lowest BCUT2D eigenvalue weighted by Gasteiger charge is -2.11. The largest absolute Gasteiger partial charge is 0.488 e. The van der Waals surface area contributed by atoms with Crippen molar-refractivity contribution in [3.8, 4) is 5.75 Å². The third-order valence-electron chi connectivity index (χ3n) is 3.59. The van der Waals surface area contributed by atoms with E-state index < -0.39 is 0 Å². The first kappa shape index (κ1) is 12.6. The van der Waals surface area contributed by atoms with Crippen LogP contribution in [0.1, 0.15) is 33.5 Å². The highest BCUT2D eigenvalue weighted by Crippen LogP contribution is 2.33. The summed E-state index contributed by atoms with van der Waals surface area (Å²) < 4.78 is 5.85. The summed E-state index contributed by atoms with van der Waals surface area (Å²) in [6, 6.07) is 6.95. The Morgan fingerprint density at radius 2 is 2.37 bits per heavy atom. The summed E-state index contributed by atoms with van der Waals surface area (Å²) in [6.45, 7) is 2.63. The minimum Gasteiger partial charge on any atom is -0.488 e. The molecule has 1 heterocycles. The molecule has 0 bridgehead atoms. The van der Waals surface area contributed by atoms with E-state index in [2.05, 4.69) is 28.5 Å².